The van der Waals surface area contributed by atoms with Gasteiger partial charge in [0, 0.05) is 56.1 Å². The third-order valence-corrected chi connectivity index (χ3v) is 13.9. The van der Waals surface area contributed by atoms with E-state index in [1.54, 1.807) is 24.3 Å². The Hall–Kier alpha value is -4.03. The van der Waals surface area contributed by atoms with E-state index in [0.29, 0.717) is 61.6 Å². The number of oxime groups is 1. The molecule has 2 N–H and O–H groups in total. The summed E-state index contributed by atoms with van der Waals surface area (Å²) in [5.41, 5.74) is 3.27. The van der Waals surface area contributed by atoms with E-state index in [9.17, 15) is 19.8 Å². The average Bonchev–Trinajstić information content (AvgIpc) is 3.33. The zero-order valence-corrected chi connectivity index (χ0v) is 39.5. The van der Waals surface area contributed by atoms with Crippen LogP contribution in [-0.2, 0) is 19.1 Å². The highest BCUT2D eigenvalue weighted by Gasteiger charge is 2.65. The molecule has 0 spiro atoms. The normalized spacial score (nSPS) is 25.2. The smallest absolute Gasteiger partial charge is 0.239 e. The molecule has 2 fully saturated rings. The number of allylic oxidation sites excluding steroid dienone is 1. The number of amides is 1. The molecule has 65 heavy (non-hydrogen) atoms. The lowest BCUT2D eigenvalue weighted by molar-refractivity contribution is -0.257. The second-order valence-electron chi connectivity index (χ2n) is 18.6. The van der Waals surface area contributed by atoms with Crippen molar-refractivity contribution >= 4 is 17.9 Å². The van der Waals surface area contributed by atoms with Crippen LogP contribution in [0.1, 0.15) is 171 Å². The Kier molecular flexibility index (Phi) is 20.4. The number of aliphatic hydroxyl groups excluding tert-OH is 2. The minimum atomic E-state index is -1.31. The lowest BCUT2D eigenvalue weighted by Crippen LogP contribution is -2.70. The fourth-order valence-electron chi connectivity index (χ4n) is 10.8. The quantitative estimate of drug-likeness (QED) is 0.0354. The lowest BCUT2D eigenvalue weighted by atomic mass is 9.55. The first-order chi connectivity index (χ1) is 31.9. The number of ether oxygens (including phenoxy) is 4. The lowest BCUT2D eigenvalue weighted by Gasteiger charge is -2.60. The van der Waals surface area contributed by atoms with Gasteiger partial charge in [-0.2, -0.15) is 0 Å². The van der Waals surface area contributed by atoms with Crippen molar-refractivity contribution in [2.75, 3.05) is 33.0 Å². The van der Waals surface area contributed by atoms with Crippen LogP contribution in [0.3, 0.4) is 0 Å². The molecule has 2 aromatic carbocycles. The Balaban J connectivity index is 1.47. The summed E-state index contributed by atoms with van der Waals surface area (Å²) in [4.78, 5) is 34.9. The number of fused-ring (bicyclic) bond motifs is 2. The first-order valence-corrected chi connectivity index (χ1v) is 25.3. The highest BCUT2D eigenvalue weighted by Crippen LogP contribution is 2.62. The number of hydrogen-bond acceptors (Lipinski definition) is 10. The van der Waals surface area contributed by atoms with Gasteiger partial charge in [0.1, 0.15) is 29.6 Å². The van der Waals surface area contributed by atoms with Crippen molar-refractivity contribution in [1.29, 1.82) is 0 Å². The molecule has 7 atom stereocenters. The Bertz CT molecular complexity index is 1860. The maximum absolute atomic E-state index is 14.8. The molecule has 0 aromatic heterocycles. The number of aliphatic hydroxyl groups is 2. The van der Waals surface area contributed by atoms with E-state index in [-0.39, 0.29) is 43.5 Å². The Morgan fingerprint density at radius 1 is 0.908 bits per heavy atom. The first kappa shape index (κ1) is 50.4. The molecule has 11 heteroatoms. The Labute approximate surface area is 389 Å². The SMILES string of the molecule is C=CCOC12Oc3ccc(Oc4cccc(C=O)c4)cc3C3C(CCCCO)C(CCCCO)C=C(C(=NOC4CCCCO4)CC1N(CCC)C(=O)CCCCCCCCCCC)C32. The molecule has 0 bridgehead atoms. The summed E-state index contributed by atoms with van der Waals surface area (Å²) in [5, 5.41) is 25.0. The molecule has 6 rings (SSSR count). The molecule has 1 saturated heterocycles. The van der Waals surface area contributed by atoms with Crippen LogP contribution in [0, 0.1) is 17.8 Å². The number of hydrogen-bond donors (Lipinski definition) is 2. The number of carbonyl (C=O) groups excluding carboxylic acids is 2. The van der Waals surface area contributed by atoms with E-state index in [0.717, 1.165) is 93.8 Å². The van der Waals surface area contributed by atoms with Crippen LogP contribution in [0.2, 0.25) is 0 Å². The van der Waals surface area contributed by atoms with Crippen LogP contribution < -0.4 is 9.47 Å². The van der Waals surface area contributed by atoms with E-state index in [2.05, 4.69) is 32.6 Å². The number of benzene rings is 2. The summed E-state index contributed by atoms with van der Waals surface area (Å²) in [6, 6.07) is 12.5. The third-order valence-electron chi connectivity index (χ3n) is 13.9. The molecule has 358 valence electrons. The summed E-state index contributed by atoms with van der Waals surface area (Å²) in [6.07, 6.45) is 24.1. The standard InChI is InChI=1S/C54H78N2O9/c1-4-7-8-9-10-11-12-13-14-26-50(60)56(30-5-2)49-38-47(55-65-51-27-17-20-34-61-51)45-36-41(23-15-18-31-57)44(25-16-19-32-58)52-46-37-43(63-42-24-21-22-40(35-42)39-59)28-29-48(46)64-54(49,53(45)52)62-33-6-3/h6,21-22,24,28-29,35-37,39,41,44,49,51-53,57-58H,3-5,7-20,23,25-27,30-34,38H2,1-2H3. The molecule has 1 amide bonds. The minimum Gasteiger partial charge on any atom is -0.459 e. The van der Waals surface area contributed by atoms with Crippen LogP contribution in [0.4, 0.5) is 0 Å². The maximum atomic E-state index is 14.8. The first-order valence-electron chi connectivity index (χ1n) is 25.3. The van der Waals surface area contributed by atoms with Gasteiger partial charge in [-0.1, -0.05) is 107 Å². The number of unbranched alkanes of at least 4 members (excludes halogenated alkanes) is 10. The molecule has 2 aliphatic carbocycles. The van der Waals surface area contributed by atoms with Crippen molar-refractivity contribution in [2.45, 2.75) is 173 Å². The van der Waals surface area contributed by atoms with Crippen LogP contribution in [-0.4, -0.2) is 84.1 Å². The molecule has 0 radical (unpaired) electrons. The van der Waals surface area contributed by atoms with Crippen molar-refractivity contribution in [2.24, 2.45) is 22.9 Å². The van der Waals surface area contributed by atoms with Crippen LogP contribution in [0.5, 0.6) is 17.2 Å². The van der Waals surface area contributed by atoms with E-state index in [4.69, 9.17) is 28.9 Å². The van der Waals surface area contributed by atoms with E-state index < -0.39 is 24.0 Å². The van der Waals surface area contributed by atoms with Gasteiger partial charge in [0.05, 0.1) is 24.8 Å². The van der Waals surface area contributed by atoms with Crippen molar-refractivity contribution in [3.63, 3.8) is 0 Å². The Morgan fingerprint density at radius 2 is 1.66 bits per heavy atom. The largest absolute Gasteiger partial charge is 0.459 e. The van der Waals surface area contributed by atoms with Crippen LogP contribution >= 0.6 is 0 Å². The van der Waals surface area contributed by atoms with Gasteiger partial charge < -0.3 is 38.9 Å². The molecule has 11 nitrogen and oxygen atoms in total. The van der Waals surface area contributed by atoms with Gasteiger partial charge in [0.2, 0.25) is 18.0 Å². The molecule has 7 unspecified atom stereocenters. The second-order valence-corrected chi connectivity index (χ2v) is 18.6. The second kappa shape index (κ2) is 26.3. The van der Waals surface area contributed by atoms with Gasteiger partial charge in [-0.15, -0.1) is 6.58 Å². The maximum Gasteiger partial charge on any atom is 0.239 e. The van der Waals surface area contributed by atoms with E-state index in [1.807, 2.05) is 23.1 Å². The predicted octanol–water partition coefficient (Wildman–Crippen LogP) is 11.6. The highest BCUT2D eigenvalue weighted by atomic mass is 16.8. The fourth-order valence-corrected chi connectivity index (χ4v) is 10.8. The average molecular weight is 899 g/mol. The zero-order valence-electron chi connectivity index (χ0n) is 39.5. The van der Waals surface area contributed by atoms with E-state index >= 15 is 0 Å². The molecule has 2 aliphatic heterocycles. The van der Waals surface area contributed by atoms with Gasteiger partial charge in [0.25, 0.3) is 0 Å². The van der Waals surface area contributed by atoms with Crippen LogP contribution in [0.25, 0.3) is 0 Å². The number of nitrogens with zero attached hydrogens (tertiary/aromatic N) is 2. The van der Waals surface area contributed by atoms with Crippen molar-refractivity contribution < 1.29 is 43.6 Å². The summed E-state index contributed by atoms with van der Waals surface area (Å²) in [7, 11) is 0. The fraction of sp³-hybridized carbons (Fsp3) is 0.648. The minimum absolute atomic E-state index is 0.0804. The zero-order chi connectivity index (χ0) is 45.9. The molecule has 2 aromatic rings. The van der Waals surface area contributed by atoms with Crippen molar-refractivity contribution in [3.05, 3.63) is 77.9 Å². The Morgan fingerprint density at radius 3 is 2.37 bits per heavy atom. The van der Waals surface area contributed by atoms with Gasteiger partial charge in [-0.3, -0.25) is 9.59 Å². The van der Waals surface area contributed by atoms with Gasteiger partial charge in [-0.25, -0.2) is 0 Å². The number of rotatable bonds is 29. The molecular formula is C54H78N2O9. The molecular weight excluding hydrogens is 821 g/mol. The van der Waals surface area contributed by atoms with Gasteiger partial charge in [0.15, 0.2) is 0 Å². The van der Waals surface area contributed by atoms with Crippen molar-refractivity contribution in [3.8, 4) is 17.2 Å². The molecule has 4 aliphatic rings. The van der Waals surface area contributed by atoms with Crippen molar-refractivity contribution in [1.82, 2.24) is 4.90 Å². The van der Waals surface area contributed by atoms with E-state index in [1.165, 1.54) is 38.5 Å². The molecule has 2 heterocycles. The molecule has 1 saturated carbocycles. The summed E-state index contributed by atoms with van der Waals surface area (Å²) < 4.78 is 27.1. The summed E-state index contributed by atoms with van der Waals surface area (Å²) in [5.74, 6) is 0.202. The topological polar surface area (TPSA) is 136 Å². The monoisotopic (exact) mass is 899 g/mol. The number of carbonyl (C=O) groups is 2. The van der Waals surface area contributed by atoms with Gasteiger partial charge in [-0.05, 0) is 99.1 Å². The van der Waals surface area contributed by atoms with Crippen LogP contribution in [0.15, 0.2) is 71.9 Å². The third kappa shape index (κ3) is 13.1. The van der Waals surface area contributed by atoms with Gasteiger partial charge >= 0.3 is 0 Å². The number of aldehydes is 1. The predicted molar refractivity (Wildman–Crippen MR) is 255 cm³/mol. The highest BCUT2D eigenvalue weighted by molar-refractivity contribution is 6.03. The summed E-state index contributed by atoms with van der Waals surface area (Å²) in [6.45, 7) is 10.0. The summed E-state index contributed by atoms with van der Waals surface area (Å²) >= 11 is 0.